The second kappa shape index (κ2) is 7.17. The van der Waals surface area contributed by atoms with Crippen molar-refractivity contribution in [2.24, 2.45) is 5.92 Å². The SMILES string of the molecule is CCCCC(CC)CSc1c2ccsc2cc2ccsc12. The predicted molar refractivity (Wildman–Crippen MR) is 101 cm³/mol. The highest BCUT2D eigenvalue weighted by Crippen LogP contribution is 2.41. The predicted octanol–water partition coefficient (Wildman–Crippen LogP) is 7.42. The molecule has 2 aromatic heterocycles. The van der Waals surface area contributed by atoms with Crippen molar-refractivity contribution in [3.8, 4) is 0 Å². The van der Waals surface area contributed by atoms with Crippen molar-refractivity contribution in [3.63, 3.8) is 0 Å². The minimum Gasteiger partial charge on any atom is -0.144 e. The largest absolute Gasteiger partial charge is 0.144 e. The highest BCUT2D eigenvalue weighted by atomic mass is 32.2. The molecule has 3 heteroatoms. The molecule has 0 fully saturated rings. The molecule has 1 aromatic carbocycles. The lowest BCUT2D eigenvalue weighted by Crippen LogP contribution is -2.02. The zero-order valence-corrected chi connectivity index (χ0v) is 15.2. The highest BCUT2D eigenvalue weighted by Gasteiger charge is 2.13. The molecule has 0 nitrogen and oxygen atoms in total. The molecule has 21 heavy (non-hydrogen) atoms. The van der Waals surface area contributed by atoms with Crippen LogP contribution in [0.5, 0.6) is 0 Å². The topological polar surface area (TPSA) is 0 Å². The van der Waals surface area contributed by atoms with Gasteiger partial charge in [-0.1, -0.05) is 33.1 Å². The van der Waals surface area contributed by atoms with Gasteiger partial charge >= 0.3 is 0 Å². The summed E-state index contributed by atoms with van der Waals surface area (Å²) in [6, 6.07) is 6.91. The molecule has 0 bridgehead atoms. The minimum atomic E-state index is 0.860. The van der Waals surface area contributed by atoms with Crippen molar-refractivity contribution < 1.29 is 0 Å². The van der Waals surface area contributed by atoms with E-state index in [-0.39, 0.29) is 0 Å². The Kier molecular flexibility index (Phi) is 5.25. The van der Waals surface area contributed by atoms with Gasteiger partial charge < -0.3 is 0 Å². The second-order valence-electron chi connectivity index (χ2n) is 5.60. The van der Waals surface area contributed by atoms with Crippen molar-refractivity contribution >= 4 is 54.6 Å². The van der Waals surface area contributed by atoms with E-state index in [1.165, 1.54) is 56.5 Å². The van der Waals surface area contributed by atoms with Gasteiger partial charge in [-0.2, -0.15) is 0 Å². The Hall–Kier alpha value is -0.510. The molecule has 3 rings (SSSR count). The lowest BCUT2D eigenvalue weighted by molar-refractivity contribution is 0.499. The van der Waals surface area contributed by atoms with Gasteiger partial charge in [0, 0.05) is 25.4 Å². The number of rotatable bonds is 7. The smallest absolute Gasteiger partial charge is 0.0485 e. The van der Waals surface area contributed by atoms with Crippen molar-refractivity contribution in [1.29, 1.82) is 0 Å². The first-order valence-electron chi connectivity index (χ1n) is 7.83. The maximum Gasteiger partial charge on any atom is 0.0485 e. The van der Waals surface area contributed by atoms with Crippen molar-refractivity contribution in [2.45, 2.75) is 44.4 Å². The molecule has 3 aromatic rings. The van der Waals surface area contributed by atoms with E-state index in [0.29, 0.717) is 0 Å². The maximum absolute atomic E-state index is 2.35. The third-order valence-electron chi connectivity index (χ3n) is 4.13. The molecule has 112 valence electrons. The van der Waals surface area contributed by atoms with E-state index >= 15 is 0 Å². The molecule has 0 N–H and O–H groups in total. The summed E-state index contributed by atoms with van der Waals surface area (Å²) in [4.78, 5) is 1.52. The monoisotopic (exact) mass is 334 g/mol. The molecule has 1 atom stereocenters. The van der Waals surface area contributed by atoms with Crippen molar-refractivity contribution in [1.82, 2.24) is 0 Å². The molecule has 0 aliphatic rings. The second-order valence-corrected chi connectivity index (χ2v) is 8.50. The van der Waals surface area contributed by atoms with Crippen LogP contribution >= 0.6 is 34.4 Å². The summed E-state index contributed by atoms with van der Waals surface area (Å²) in [5.41, 5.74) is 0. The number of hydrogen-bond acceptors (Lipinski definition) is 3. The third-order valence-corrected chi connectivity index (χ3v) is 7.43. The minimum absolute atomic E-state index is 0.860. The van der Waals surface area contributed by atoms with Crippen LogP contribution in [0.25, 0.3) is 20.2 Å². The first kappa shape index (κ1) is 15.4. The van der Waals surface area contributed by atoms with Gasteiger partial charge in [0.2, 0.25) is 0 Å². The van der Waals surface area contributed by atoms with Crippen LogP contribution < -0.4 is 0 Å². The quantitative estimate of drug-likeness (QED) is 0.405. The molecule has 1 unspecified atom stereocenters. The summed E-state index contributed by atoms with van der Waals surface area (Å²) in [5.74, 6) is 2.12. The molecule has 0 spiro atoms. The molecule has 0 radical (unpaired) electrons. The average molecular weight is 335 g/mol. The Bertz CT molecular complexity index is 659. The van der Waals surface area contributed by atoms with Crippen LogP contribution in [0.1, 0.15) is 39.5 Å². The third kappa shape index (κ3) is 3.30. The molecule has 2 heterocycles. The molecule has 0 amide bonds. The van der Waals surface area contributed by atoms with Crippen LogP contribution in [0.4, 0.5) is 0 Å². The molecular weight excluding hydrogens is 312 g/mol. The molecular formula is C18H22S3. The average Bonchev–Trinajstić information content (AvgIpc) is 3.14. The lowest BCUT2D eigenvalue weighted by atomic mass is 10.0. The summed E-state index contributed by atoms with van der Waals surface area (Å²) in [6.45, 7) is 4.63. The number of benzene rings is 1. The van der Waals surface area contributed by atoms with Gasteiger partial charge in [-0.15, -0.1) is 34.4 Å². The van der Waals surface area contributed by atoms with Crippen LogP contribution in [0.15, 0.2) is 33.9 Å². The Morgan fingerprint density at radius 1 is 1.14 bits per heavy atom. The van der Waals surface area contributed by atoms with Crippen LogP contribution in [0.2, 0.25) is 0 Å². The van der Waals surface area contributed by atoms with Crippen molar-refractivity contribution in [3.05, 3.63) is 29.0 Å². The van der Waals surface area contributed by atoms with Gasteiger partial charge in [0.25, 0.3) is 0 Å². The number of fused-ring (bicyclic) bond motifs is 2. The summed E-state index contributed by atoms with van der Waals surface area (Å²) in [5, 5.41) is 7.34. The lowest BCUT2D eigenvalue weighted by Gasteiger charge is -2.14. The highest BCUT2D eigenvalue weighted by molar-refractivity contribution is 7.99. The zero-order valence-electron chi connectivity index (χ0n) is 12.7. The number of thioether (sulfide) groups is 1. The van der Waals surface area contributed by atoms with E-state index in [1.807, 2.05) is 22.7 Å². The van der Waals surface area contributed by atoms with Crippen LogP contribution in [0.3, 0.4) is 0 Å². The van der Waals surface area contributed by atoms with E-state index in [0.717, 1.165) is 5.92 Å². The first-order chi connectivity index (χ1) is 10.3. The Balaban J connectivity index is 1.87. The van der Waals surface area contributed by atoms with Crippen LogP contribution in [0, 0.1) is 5.92 Å². The summed E-state index contributed by atoms with van der Waals surface area (Å²) in [6.07, 6.45) is 5.37. The van der Waals surface area contributed by atoms with Gasteiger partial charge in [-0.3, -0.25) is 0 Å². The van der Waals surface area contributed by atoms with E-state index in [2.05, 4.69) is 54.6 Å². The summed E-state index contributed by atoms with van der Waals surface area (Å²) in [7, 11) is 0. The van der Waals surface area contributed by atoms with E-state index < -0.39 is 0 Å². The standard InChI is InChI=1S/C18H22S3/c1-3-5-6-13(4-2)12-21-18-15-8-10-19-16(15)11-14-7-9-20-17(14)18/h7-11,13H,3-6,12H2,1-2H3. The van der Waals surface area contributed by atoms with Gasteiger partial charge in [0.15, 0.2) is 0 Å². The summed E-state index contributed by atoms with van der Waals surface area (Å²) < 4.78 is 2.92. The van der Waals surface area contributed by atoms with E-state index in [4.69, 9.17) is 0 Å². The van der Waals surface area contributed by atoms with Crippen molar-refractivity contribution in [2.75, 3.05) is 5.75 Å². The fraction of sp³-hybridized carbons (Fsp3) is 0.444. The normalized spacial score (nSPS) is 13.2. The number of unbranched alkanes of at least 4 members (excludes halogenated alkanes) is 1. The fourth-order valence-corrected chi connectivity index (χ4v) is 6.19. The molecule has 0 aliphatic carbocycles. The molecule has 0 saturated heterocycles. The Labute approximate surface area is 139 Å². The fourth-order valence-electron chi connectivity index (χ4n) is 2.74. The van der Waals surface area contributed by atoms with Gasteiger partial charge in [0.1, 0.15) is 0 Å². The first-order valence-corrected chi connectivity index (χ1v) is 10.6. The molecule has 0 aliphatic heterocycles. The van der Waals surface area contributed by atoms with Crippen LogP contribution in [-0.2, 0) is 0 Å². The summed E-state index contributed by atoms with van der Waals surface area (Å²) >= 11 is 5.85. The Morgan fingerprint density at radius 3 is 2.81 bits per heavy atom. The maximum atomic E-state index is 2.35. The van der Waals surface area contributed by atoms with E-state index in [9.17, 15) is 0 Å². The van der Waals surface area contributed by atoms with Gasteiger partial charge in [0.05, 0.1) is 0 Å². The molecule has 0 saturated carbocycles. The number of hydrogen-bond donors (Lipinski definition) is 0. The number of thiophene rings is 2. The van der Waals surface area contributed by atoms with Gasteiger partial charge in [-0.05, 0) is 46.7 Å². The van der Waals surface area contributed by atoms with Crippen LogP contribution in [-0.4, -0.2) is 5.75 Å². The van der Waals surface area contributed by atoms with Gasteiger partial charge in [-0.25, -0.2) is 0 Å². The Morgan fingerprint density at radius 2 is 2.00 bits per heavy atom. The zero-order chi connectivity index (χ0) is 14.7. The van der Waals surface area contributed by atoms with E-state index in [1.54, 1.807) is 0 Å².